The first-order valence-electron chi connectivity index (χ1n) is 11.5. The third kappa shape index (κ3) is 5.49. The van der Waals surface area contributed by atoms with Gasteiger partial charge in [0.2, 0.25) is 17.1 Å². The Hall–Kier alpha value is -2.56. The van der Waals surface area contributed by atoms with Crippen molar-refractivity contribution in [2.45, 2.75) is 58.0 Å². The molecular weight excluding hydrogens is 514 g/mol. The van der Waals surface area contributed by atoms with Crippen molar-refractivity contribution in [2.75, 3.05) is 0 Å². The van der Waals surface area contributed by atoms with Gasteiger partial charge in [-0.2, -0.15) is 4.98 Å². The molecule has 4 aromatic rings. The average Bonchev–Trinajstić information content (AvgIpc) is 3.40. The quantitative estimate of drug-likeness (QED) is 0.212. The molecule has 184 valence electrons. The summed E-state index contributed by atoms with van der Waals surface area (Å²) in [4.78, 5) is 20.6. The van der Waals surface area contributed by atoms with Gasteiger partial charge in [-0.05, 0) is 54.5 Å². The predicted molar refractivity (Wildman–Crippen MR) is 133 cm³/mol. The number of imidazole rings is 1. The molecule has 0 saturated heterocycles. The minimum Gasteiger partial charge on any atom is -0.425 e. The van der Waals surface area contributed by atoms with Crippen molar-refractivity contribution >= 4 is 46.6 Å². The van der Waals surface area contributed by atoms with Crippen LogP contribution in [0.5, 0.6) is 0 Å². The maximum atomic E-state index is 13.3. The number of hydrogen-bond donors (Lipinski definition) is 1. The van der Waals surface area contributed by atoms with Crippen LogP contribution < -0.4 is 5.69 Å². The number of aromatic amines is 1. The molecule has 1 N–H and O–H groups in total. The van der Waals surface area contributed by atoms with Crippen LogP contribution in [-0.2, 0) is 25.9 Å². The first-order valence-corrected chi connectivity index (χ1v) is 12.7. The molecule has 0 radical (unpaired) electrons. The van der Waals surface area contributed by atoms with Crippen LogP contribution in [-0.4, -0.2) is 29.3 Å². The van der Waals surface area contributed by atoms with Crippen LogP contribution in [0.25, 0.3) is 11.2 Å². The molecule has 0 aliphatic heterocycles. The van der Waals surface area contributed by atoms with Crippen LogP contribution in [0.4, 0.5) is 4.39 Å². The number of rotatable bonds is 10. The lowest BCUT2D eigenvalue weighted by atomic mass is 10.1. The Bertz CT molecular complexity index is 1490. The van der Waals surface area contributed by atoms with Gasteiger partial charge in [-0.25, -0.2) is 9.18 Å². The van der Waals surface area contributed by atoms with Crippen molar-refractivity contribution in [1.29, 1.82) is 0 Å². The lowest BCUT2D eigenvalue weighted by molar-refractivity contribution is 0.441. The lowest BCUT2D eigenvalue weighted by Crippen LogP contribution is -2.32. The molecule has 8 nitrogen and oxygen atoms in total. The van der Waals surface area contributed by atoms with E-state index in [9.17, 15) is 9.18 Å². The Labute approximate surface area is 215 Å². The highest BCUT2D eigenvalue weighted by molar-refractivity contribution is 7.71. The summed E-state index contributed by atoms with van der Waals surface area (Å²) in [5, 5.41) is 8.65. The van der Waals surface area contributed by atoms with Gasteiger partial charge >= 0.3 is 5.69 Å². The Kier molecular flexibility index (Phi) is 7.04. The van der Waals surface area contributed by atoms with E-state index in [1.54, 1.807) is 15.2 Å². The molecule has 1 saturated carbocycles. The number of fused-ring (bicyclic) bond motifs is 1. The molecule has 35 heavy (non-hydrogen) atoms. The van der Waals surface area contributed by atoms with Crippen molar-refractivity contribution in [3.05, 3.63) is 66.8 Å². The molecule has 12 heteroatoms. The van der Waals surface area contributed by atoms with E-state index in [2.05, 4.69) is 20.2 Å². The zero-order valence-electron chi connectivity index (χ0n) is 18.8. The Morgan fingerprint density at radius 3 is 2.69 bits per heavy atom. The minimum absolute atomic E-state index is 0.196. The summed E-state index contributed by atoms with van der Waals surface area (Å²) < 4.78 is 22.6. The van der Waals surface area contributed by atoms with Crippen molar-refractivity contribution < 1.29 is 8.81 Å². The van der Waals surface area contributed by atoms with Gasteiger partial charge in [-0.15, -0.1) is 10.2 Å². The topological polar surface area (TPSA) is 94.5 Å². The average molecular weight is 537 g/mol. The summed E-state index contributed by atoms with van der Waals surface area (Å²) in [6, 6.07) is 4.18. The monoisotopic (exact) mass is 536 g/mol. The van der Waals surface area contributed by atoms with E-state index >= 15 is 0 Å². The molecule has 3 aromatic heterocycles. The number of H-pyrrole nitrogens is 1. The Morgan fingerprint density at radius 1 is 1.14 bits per heavy atom. The third-order valence-corrected chi connectivity index (χ3v) is 7.12. The number of benzene rings is 1. The van der Waals surface area contributed by atoms with E-state index in [0.29, 0.717) is 70.5 Å². The number of halogens is 3. The second-order valence-electron chi connectivity index (χ2n) is 8.81. The van der Waals surface area contributed by atoms with Crippen molar-refractivity contribution in [1.82, 2.24) is 29.3 Å². The highest BCUT2D eigenvalue weighted by atomic mass is 35.5. The van der Waals surface area contributed by atoms with Gasteiger partial charge in [0.05, 0.1) is 6.42 Å². The summed E-state index contributed by atoms with van der Waals surface area (Å²) in [6.07, 6.45) is 5.90. The number of nitrogens with one attached hydrogen (secondary N) is 1. The van der Waals surface area contributed by atoms with Gasteiger partial charge in [-0.1, -0.05) is 42.7 Å². The fourth-order valence-corrected chi connectivity index (χ4v) is 4.88. The van der Waals surface area contributed by atoms with E-state index in [1.165, 1.54) is 25.0 Å². The first kappa shape index (κ1) is 24.1. The van der Waals surface area contributed by atoms with Crippen LogP contribution in [0.3, 0.4) is 0 Å². The van der Waals surface area contributed by atoms with E-state index in [0.717, 1.165) is 18.8 Å². The largest absolute Gasteiger partial charge is 0.425 e. The van der Waals surface area contributed by atoms with Gasteiger partial charge in [0.25, 0.3) is 0 Å². The molecule has 3 heterocycles. The van der Waals surface area contributed by atoms with Gasteiger partial charge in [-0.3, -0.25) is 9.13 Å². The van der Waals surface area contributed by atoms with Gasteiger partial charge in [0, 0.05) is 24.5 Å². The normalized spacial score (nSPS) is 13.7. The Morgan fingerprint density at radius 2 is 1.91 bits per heavy atom. The smallest absolute Gasteiger partial charge is 0.330 e. The molecule has 1 fully saturated rings. The van der Waals surface area contributed by atoms with Gasteiger partial charge < -0.3 is 9.40 Å². The molecule has 1 aliphatic rings. The summed E-state index contributed by atoms with van der Waals surface area (Å²) in [6.45, 7) is 0.954. The molecule has 0 spiro atoms. The third-order valence-electron chi connectivity index (χ3n) is 6.16. The van der Waals surface area contributed by atoms with Crippen LogP contribution >= 0.6 is 35.4 Å². The highest BCUT2D eigenvalue weighted by Gasteiger charge is 2.21. The minimum atomic E-state index is -0.402. The Balaban J connectivity index is 1.28. The summed E-state index contributed by atoms with van der Waals surface area (Å²) in [5.74, 6) is 1.21. The van der Waals surface area contributed by atoms with Crippen LogP contribution in [0.2, 0.25) is 10.3 Å². The highest BCUT2D eigenvalue weighted by Crippen LogP contribution is 2.33. The van der Waals surface area contributed by atoms with Gasteiger partial charge in [0.1, 0.15) is 16.0 Å². The number of aryl methyl sites for hydroxylation is 2. The van der Waals surface area contributed by atoms with Crippen LogP contribution in [0, 0.1) is 16.4 Å². The summed E-state index contributed by atoms with van der Waals surface area (Å²) in [7, 11) is 0. The summed E-state index contributed by atoms with van der Waals surface area (Å²) >= 11 is 17.8. The zero-order valence-corrected chi connectivity index (χ0v) is 21.1. The number of aromatic nitrogens is 6. The molecular formula is C23H23Cl2FN6O2S. The maximum Gasteiger partial charge on any atom is 0.330 e. The van der Waals surface area contributed by atoms with Crippen molar-refractivity contribution in [3.63, 3.8) is 0 Å². The molecule has 5 rings (SSSR count). The number of nitrogens with zero attached hydrogens (tertiary/aromatic N) is 5. The standard InChI is InChI=1S/C23H23Cl2FN6O2S/c24-16-12-15(26)8-7-14(16)11-18-30-29-17(34-18)4-2-10-32-21(35)19-20(28-22(25)27-19)31(23(32)33)9-1-3-13-5-6-13/h7-8,12-13H,1-6,9-11H2,(H,27,28). The second kappa shape index (κ2) is 10.2. The van der Waals surface area contributed by atoms with E-state index in [-0.39, 0.29) is 11.0 Å². The second-order valence-corrected chi connectivity index (χ2v) is 9.96. The molecule has 0 unspecified atom stereocenters. The van der Waals surface area contributed by atoms with Crippen molar-refractivity contribution in [3.8, 4) is 0 Å². The molecule has 1 aromatic carbocycles. The predicted octanol–water partition coefficient (Wildman–Crippen LogP) is 5.50. The molecule has 0 amide bonds. The molecule has 0 atom stereocenters. The van der Waals surface area contributed by atoms with E-state index in [1.807, 2.05) is 0 Å². The fourth-order valence-electron chi connectivity index (χ4n) is 4.16. The van der Waals surface area contributed by atoms with Crippen LogP contribution in [0.1, 0.15) is 49.4 Å². The molecule has 0 bridgehead atoms. The van der Waals surface area contributed by atoms with Crippen LogP contribution in [0.15, 0.2) is 27.4 Å². The lowest BCUT2D eigenvalue weighted by Gasteiger charge is -2.12. The van der Waals surface area contributed by atoms with Crippen molar-refractivity contribution in [2.24, 2.45) is 5.92 Å². The fraction of sp³-hybridized carbons (Fsp3) is 0.435. The maximum absolute atomic E-state index is 13.3. The SMILES string of the molecule is O=c1n(CCCc2nnc(Cc3ccc(F)cc3Cl)o2)c(=S)c2[nH]c(Cl)nc2n1CCCC1CC1. The van der Waals surface area contributed by atoms with E-state index in [4.69, 9.17) is 39.8 Å². The molecule has 1 aliphatic carbocycles. The first-order chi connectivity index (χ1) is 16.9. The zero-order chi connectivity index (χ0) is 24.5. The number of hydrogen-bond acceptors (Lipinski definition) is 6. The van der Waals surface area contributed by atoms with E-state index < -0.39 is 5.82 Å². The summed E-state index contributed by atoms with van der Waals surface area (Å²) in [5.41, 5.74) is 1.59. The van der Waals surface area contributed by atoms with Gasteiger partial charge in [0.15, 0.2) is 5.65 Å².